The van der Waals surface area contributed by atoms with E-state index in [-0.39, 0.29) is 23.7 Å². The van der Waals surface area contributed by atoms with Crippen LogP contribution in [0.4, 0.5) is 4.79 Å². The van der Waals surface area contributed by atoms with Crippen LogP contribution in [-0.2, 0) is 20.9 Å². The zero-order chi connectivity index (χ0) is 21.1. The quantitative estimate of drug-likeness (QED) is 0.489. The summed E-state index contributed by atoms with van der Waals surface area (Å²) >= 11 is 1.00. The van der Waals surface area contributed by atoms with Crippen molar-refractivity contribution in [2.75, 3.05) is 13.2 Å². The van der Waals surface area contributed by atoms with Gasteiger partial charge in [0, 0.05) is 29.2 Å². The summed E-state index contributed by atoms with van der Waals surface area (Å²) in [5.41, 5.74) is 1.70. The van der Waals surface area contributed by atoms with Crippen molar-refractivity contribution in [3.63, 3.8) is 0 Å². The van der Waals surface area contributed by atoms with Crippen LogP contribution in [0.5, 0.6) is 0 Å². The number of carbonyl (C=O) groups excluding carboxylic acids is 3. The highest BCUT2D eigenvalue weighted by molar-refractivity contribution is 8.18. The second-order valence-corrected chi connectivity index (χ2v) is 8.82. The van der Waals surface area contributed by atoms with Crippen LogP contribution in [0, 0.1) is 5.92 Å². The number of benzene rings is 1. The summed E-state index contributed by atoms with van der Waals surface area (Å²) in [6.45, 7) is 2.73. The largest absolute Gasteiger partial charge is 0.465 e. The molecule has 1 aromatic heterocycles. The van der Waals surface area contributed by atoms with Crippen LogP contribution in [0.2, 0.25) is 0 Å². The summed E-state index contributed by atoms with van der Waals surface area (Å²) in [5, 5.41) is 0.743. The first-order valence-corrected chi connectivity index (χ1v) is 11.4. The average molecular weight is 427 g/mol. The zero-order valence-corrected chi connectivity index (χ0v) is 18.0. The summed E-state index contributed by atoms with van der Waals surface area (Å²) in [4.78, 5) is 39.3. The molecule has 6 nitrogen and oxygen atoms in total. The number of nitrogens with zero attached hydrogens (tertiary/aromatic N) is 2. The molecule has 0 N–H and O–H groups in total. The van der Waals surface area contributed by atoms with E-state index in [1.807, 2.05) is 35.0 Å². The van der Waals surface area contributed by atoms with Gasteiger partial charge < -0.3 is 9.30 Å². The number of fused-ring (bicyclic) bond motifs is 1. The predicted octanol–water partition coefficient (Wildman–Crippen LogP) is 4.82. The highest BCUT2D eigenvalue weighted by Gasteiger charge is 2.36. The molecule has 1 saturated carbocycles. The van der Waals surface area contributed by atoms with Crippen LogP contribution in [0.1, 0.15) is 44.6 Å². The van der Waals surface area contributed by atoms with Crippen LogP contribution in [0.25, 0.3) is 17.0 Å². The SMILES string of the molecule is CCOC(=O)Cn1cc(/C=C2/SC(=O)N(CC3CCCCC3)C2=O)c2ccccc21. The number of amides is 2. The summed E-state index contributed by atoms with van der Waals surface area (Å²) in [6.07, 6.45) is 9.39. The lowest BCUT2D eigenvalue weighted by Gasteiger charge is -2.25. The van der Waals surface area contributed by atoms with E-state index in [9.17, 15) is 14.4 Å². The van der Waals surface area contributed by atoms with E-state index in [2.05, 4.69) is 0 Å². The van der Waals surface area contributed by atoms with Crippen molar-refractivity contribution in [1.82, 2.24) is 9.47 Å². The van der Waals surface area contributed by atoms with E-state index in [4.69, 9.17) is 4.74 Å². The summed E-state index contributed by atoms with van der Waals surface area (Å²) in [7, 11) is 0. The maximum absolute atomic E-state index is 12.9. The highest BCUT2D eigenvalue weighted by Crippen LogP contribution is 2.36. The number of hydrogen-bond donors (Lipinski definition) is 0. The molecule has 2 heterocycles. The molecule has 0 unspecified atom stereocenters. The van der Waals surface area contributed by atoms with Gasteiger partial charge >= 0.3 is 5.97 Å². The fraction of sp³-hybridized carbons (Fsp3) is 0.435. The molecule has 7 heteroatoms. The van der Waals surface area contributed by atoms with Crippen LogP contribution >= 0.6 is 11.8 Å². The summed E-state index contributed by atoms with van der Waals surface area (Å²) in [5.74, 6) is -0.103. The van der Waals surface area contributed by atoms with Crippen LogP contribution in [-0.4, -0.2) is 39.7 Å². The lowest BCUT2D eigenvalue weighted by Crippen LogP contribution is -2.34. The number of ether oxygens (including phenoxy) is 1. The molecule has 0 bridgehead atoms. The maximum Gasteiger partial charge on any atom is 0.325 e. The van der Waals surface area contributed by atoms with E-state index in [0.29, 0.717) is 24.0 Å². The number of thioether (sulfide) groups is 1. The van der Waals surface area contributed by atoms with Crippen molar-refractivity contribution in [3.05, 3.63) is 40.9 Å². The third kappa shape index (κ3) is 4.31. The van der Waals surface area contributed by atoms with E-state index in [1.165, 1.54) is 24.2 Å². The van der Waals surface area contributed by atoms with Gasteiger partial charge in [0.2, 0.25) is 0 Å². The van der Waals surface area contributed by atoms with Gasteiger partial charge in [0.15, 0.2) is 0 Å². The van der Waals surface area contributed by atoms with Crippen molar-refractivity contribution >= 4 is 45.9 Å². The molecule has 2 fully saturated rings. The minimum atomic E-state index is -0.308. The molecule has 1 saturated heterocycles. The molecule has 4 rings (SSSR count). The molecule has 0 radical (unpaired) electrons. The van der Waals surface area contributed by atoms with Gasteiger partial charge in [-0.1, -0.05) is 37.5 Å². The van der Waals surface area contributed by atoms with Crippen molar-refractivity contribution in [1.29, 1.82) is 0 Å². The summed E-state index contributed by atoms with van der Waals surface area (Å²) in [6, 6.07) is 7.71. The monoisotopic (exact) mass is 426 g/mol. The minimum Gasteiger partial charge on any atom is -0.465 e. The van der Waals surface area contributed by atoms with Gasteiger partial charge in [0.25, 0.3) is 11.1 Å². The van der Waals surface area contributed by atoms with E-state index in [0.717, 1.165) is 41.1 Å². The highest BCUT2D eigenvalue weighted by atomic mass is 32.2. The van der Waals surface area contributed by atoms with Crippen LogP contribution in [0.15, 0.2) is 35.4 Å². The lowest BCUT2D eigenvalue weighted by atomic mass is 9.89. The van der Waals surface area contributed by atoms with Gasteiger partial charge in [-0.25, -0.2) is 0 Å². The Bertz CT molecular complexity index is 1000. The fourth-order valence-corrected chi connectivity index (χ4v) is 5.13. The molecule has 0 atom stereocenters. The van der Waals surface area contributed by atoms with Gasteiger partial charge in [0.1, 0.15) is 6.54 Å². The van der Waals surface area contributed by atoms with Crippen molar-refractivity contribution in [3.8, 4) is 0 Å². The first-order valence-electron chi connectivity index (χ1n) is 10.6. The lowest BCUT2D eigenvalue weighted by molar-refractivity contribution is -0.143. The van der Waals surface area contributed by atoms with Gasteiger partial charge in [-0.05, 0) is 49.6 Å². The Morgan fingerprint density at radius 2 is 1.97 bits per heavy atom. The molecule has 1 aliphatic heterocycles. The molecular formula is C23H26N2O4S. The second-order valence-electron chi connectivity index (χ2n) is 7.83. The molecule has 30 heavy (non-hydrogen) atoms. The molecule has 158 valence electrons. The van der Waals surface area contributed by atoms with Crippen molar-refractivity contribution < 1.29 is 19.1 Å². The first-order chi connectivity index (χ1) is 14.6. The van der Waals surface area contributed by atoms with Gasteiger partial charge in [-0.2, -0.15) is 0 Å². The summed E-state index contributed by atoms with van der Waals surface area (Å²) < 4.78 is 6.89. The Balaban J connectivity index is 1.59. The Kier molecular flexibility index (Phi) is 6.27. The second kappa shape index (κ2) is 9.08. The molecule has 0 spiro atoms. The molecule has 1 aromatic carbocycles. The average Bonchev–Trinajstić information content (AvgIpc) is 3.21. The Labute approximate surface area is 180 Å². The number of para-hydroxylation sites is 1. The normalized spacial score (nSPS) is 19.2. The van der Waals surface area contributed by atoms with Crippen LogP contribution < -0.4 is 0 Å². The molecule has 2 aromatic rings. The Morgan fingerprint density at radius 1 is 1.20 bits per heavy atom. The van der Waals surface area contributed by atoms with Crippen molar-refractivity contribution in [2.45, 2.75) is 45.6 Å². The standard InChI is InChI=1S/C23H26N2O4S/c1-2-29-21(26)15-24-14-17(18-10-6-7-11-19(18)24)12-20-22(27)25(23(28)30-20)13-16-8-4-3-5-9-16/h6-7,10-12,14,16H,2-5,8-9,13,15H2,1H3/b20-12+. The topological polar surface area (TPSA) is 68.6 Å². The van der Waals surface area contributed by atoms with E-state index < -0.39 is 0 Å². The maximum atomic E-state index is 12.9. The molecular weight excluding hydrogens is 400 g/mol. The number of rotatable bonds is 6. The molecule has 2 aliphatic rings. The molecule has 1 aliphatic carbocycles. The van der Waals surface area contributed by atoms with E-state index >= 15 is 0 Å². The number of aromatic nitrogens is 1. The first kappa shape index (κ1) is 20.7. The predicted molar refractivity (Wildman–Crippen MR) is 118 cm³/mol. The fourth-order valence-electron chi connectivity index (χ4n) is 4.29. The van der Waals surface area contributed by atoms with Crippen molar-refractivity contribution in [2.24, 2.45) is 5.92 Å². The third-order valence-corrected chi connectivity index (χ3v) is 6.66. The van der Waals surface area contributed by atoms with Gasteiger partial charge in [-0.15, -0.1) is 0 Å². The third-order valence-electron chi connectivity index (χ3n) is 5.75. The molecule has 2 amide bonds. The Morgan fingerprint density at radius 3 is 2.73 bits per heavy atom. The Hall–Kier alpha value is -2.54. The zero-order valence-electron chi connectivity index (χ0n) is 17.1. The van der Waals surface area contributed by atoms with Gasteiger partial charge in [0.05, 0.1) is 11.5 Å². The number of hydrogen-bond acceptors (Lipinski definition) is 5. The van der Waals surface area contributed by atoms with Crippen LogP contribution in [0.3, 0.4) is 0 Å². The minimum absolute atomic E-state index is 0.103. The number of carbonyl (C=O) groups is 3. The number of esters is 1. The smallest absolute Gasteiger partial charge is 0.325 e. The van der Waals surface area contributed by atoms with E-state index in [1.54, 1.807) is 13.0 Å². The number of imide groups is 1. The van der Waals surface area contributed by atoms with Gasteiger partial charge in [-0.3, -0.25) is 19.3 Å².